The van der Waals surface area contributed by atoms with E-state index in [1.54, 1.807) is 36.9 Å². The Morgan fingerprint density at radius 3 is 2.54 bits per heavy atom. The Kier molecular flexibility index (Phi) is 6.24. The van der Waals surface area contributed by atoms with Crippen molar-refractivity contribution in [2.45, 2.75) is 19.5 Å². The van der Waals surface area contributed by atoms with Crippen LogP contribution in [0.4, 0.5) is 5.69 Å². The molecular formula is C22H23N3O3. The second-order valence-electron chi connectivity index (χ2n) is 6.42. The maximum Gasteiger partial charge on any atom is 0.274 e. The fourth-order valence-corrected chi connectivity index (χ4v) is 2.66. The molecule has 0 aliphatic heterocycles. The highest BCUT2D eigenvalue weighted by Crippen LogP contribution is 2.22. The number of hydrogen-bond acceptors (Lipinski definition) is 4. The minimum Gasteiger partial charge on any atom is -0.457 e. The third kappa shape index (κ3) is 4.86. The summed E-state index contributed by atoms with van der Waals surface area (Å²) in [5.74, 6) is 1.19. The molecule has 6 nitrogen and oxygen atoms in total. The minimum atomic E-state index is -0.389. The summed E-state index contributed by atoms with van der Waals surface area (Å²) in [5, 5.41) is 5.52. The molecule has 0 radical (unpaired) electrons. The summed E-state index contributed by atoms with van der Waals surface area (Å²) in [6.07, 6.45) is 1.70. The smallest absolute Gasteiger partial charge is 0.274 e. The Morgan fingerprint density at radius 2 is 1.79 bits per heavy atom. The summed E-state index contributed by atoms with van der Waals surface area (Å²) < 4.78 is 7.41. The van der Waals surface area contributed by atoms with Gasteiger partial charge in [0.05, 0.1) is 12.6 Å². The molecule has 2 aromatic carbocycles. The Balaban J connectivity index is 1.77. The van der Waals surface area contributed by atoms with Crippen LogP contribution in [0.1, 0.15) is 12.5 Å². The summed E-state index contributed by atoms with van der Waals surface area (Å²) >= 11 is 0. The van der Waals surface area contributed by atoms with Crippen LogP contribution in [0.3, 0.4) is 0 Å². The molecule has 0 bridgehead atoms. The average molecular weight is 377 g/mol. The quantitative estimate of drug-likeness (QED) is 0.663. The molecule has 1 atom stereocenters. The molecular weight excluding hydrogens is 354 g/mol. The lowest BCUT2D eigenvalue weighted by Crippen LogP contribution is -2.37. The lowest BCUT2D eigenvalue weighted by atomic mass is 10.2. The summed E-state index contributed by atoms with van der Waals surface area (Å²) in [4.78, 5) is 24.7. The van der Waals surface area contributed by atoms with Gasteiger partial charge < -0.3 is 19.9 Å². The van der Waals surface area contributed by atoms with Gasteiger partial charge in [-0.25, -0.2) is 0 Å². The number of carbonyl (C=O) groups is 1. The third-order valence-corrected chi connectivity index (χ3v) is 4.33. The predicted molar refractivity (Wildman–Crippen MR) is 110 cm³/mol. The van der Waals surface area contributed by atoms with Gasteiger partial charge in [-0.05, 0) is 55.9 Å². The molecule has 1 amide bonds. The third-order valence-electron chi connectivity index (χ3n) is 4.33. The Bertz CT molecular complexity index is 999. The number of pyridine rings is 1. The first kappa shape index (κ1) is 19.4. The van der Waals surface area contributed by atoms with Crippen LogP contribution in [0.5, 0.6) is 11.5 Å². The number of aromatic nitrogens is 1. The van der Waals surface area contributed by atoms with Gasteiger partial charge >= 0.3 is 0 Å². The molecule has 0 saturated carbocycles. The van der Waals surface area contributed by atoms with Gasteiger partial charge in [0, 0.05) is 6.20 Å². The van der Waals surface area contributed by atoms with Crippen LogP contribution in [0.25, 0.3) is 0 Å². The topological polar surface area (TPSA) is 72.4 Å². The summed E-state index contributed by atoms with van der Waals surface area (Å²) in [6.45, 7) is 2.10. The minimum absolute atomic E-state index is 0.254. The van der Waals surface area contributed by atoms with Crippen LogP contribution in [0.15, 0.2) is 77.7 Å². The van der Waals surface area contributed by atoms with Crippen molar-refractivity contribution >= 4 is 11.6 Å². The zero-order valence-electron chi connectivity index (χ0n) is 15.9. The van der Waals surface area contributed by atoms with Crippen LogP contribution in [-0.4, -0.2) is 23.6 Å². The number of ether oxygens (including phenoxy) is 1. The van der Waals surface area contributed by atoms with E-state index in [1.165, 1.54) is 0 Å². The van der Waals surface area contributed by atoms with Gasteiger partial charge in [0.15, 0.2) is 0 Å². The Labute approximate surface area is 163 Å². The van der Waals surface area contributed by atoms with E-state index >= 15 is 0 Å². The summed E-state index contributed by atoms with van der Waals surface area (Å²) in [5.41, 5.74) is 0.919. The van der Waals surface area contributed by atoms with Crippen LogP contribution >= 0.6 is 0 Å². The average Bonchev–Trinajstić information content (AvgIpc) is 2.71. The van der Waals surface area contributed by atoms with Gasteiger partial charge in [0.25, 0.3) is 5.56 Å². The van der Waals surface area contributed by atoms with Crippen molar-refractivity contribution in [2.24, 2.45) is 0 Å². The number of hydrogen-bond donors (Lipinski definition) is 2. The van der Waals surface area contributed by atoms with Crippen molar-refractivity contribution in [1.82, 2.24) is 9.88 Å². The molecule has 0 spiro atoms. The van der Waals surface area contributed by atoms with Crippen LogP contribution < -0.4 is 20.9 Å². The standard InChI is InChI=1S/C22H23N3O3/c1-16(23-2)21(26)24-20-12-7-13-25(22(20)27)15-17-8-6-11-19(14-17)28-18-9-4-3-5-10-18/h3-14,16,23H,15H2,1-2H3,(H,24,26)/t16-/m0/s1. The van der Waals surface area contributed by atoms with Crippen molar-refractivity contribution in [3.05, 3.63) is 88.8 Å². The summed E-state index contributed by atoms with van der Waals surface area (Å²) in [6, 6.07) is 20.1. The largest absolute Gasteiger partial charge is 0.457 e. The van der Waals surface area contributed by atoms with E-state index in [0.29, 0.717) is 12.3 Å². The molecule has 2 N–H and O–H groups in total. The van der Waals surface area contributed by atoms with Crippen LogP contribution in [0, 0.1) is 0 Å². The lowest BCUT2D eigenvalue weighted by molar-refractivity contribution is -0.117. The molecule has 0 saturated heterocycles. The van der Waals surface area contributed by atoms with E-state index < -0.39 is 0 Å². The fourth-order valence-electron chi connectivity index (χ4n) is 2.66. The lowest BCUT2D eigenvalue weighted by Gasteiger charge is -2.13. The highest BCUT2D eigenvalue weighted by Gasteiger charge is 2.13. The number of carbonyl (C=O) groups excluding carboxylic acids is 1. The highest BCUT2D eigenvalue weighted by atomic mass is 16.5. The molecule has 28 heavy (non-hydrogen) atoms. The number of para-hydroxylation sites is 1. The van der Waals surface area contributed by atoms with E-state index in [4.69, 9.17) is 4.74 Å². The van der Waals surface area contributed by atoms with Gasteiger partial charge in [-0.2, -0.15) is 0 Å². The number of rotatable bonds is 7. The van der Waals surface area contributed by atoms with Crippen molar-refractivity contribution < 1.29 is 9.53 Å². The molecule has 1 heterocycles. The van der Waals surface area contributed by atoms with Gasteiger partial charge in [-0.15, -0.1) is 0 Å². The number of likely N-dealkylation sites (N-methyl/N-ethyl adjacent to an activating group) is 1. The van der Waals surface area contributed by atoms with Gasteiger partial charge in [0.2, 0.25) is 5.91 Å². The maximum absolute atomic E-state index is 12.7. The van der Waals surface area contributed by atoms with Gasteiger partial charge in [0.1, 0.15) is 17.2 Å². The molecule has 144 valence electrons. The summed E-state index contributed by atoms with van der Waals surface area (Å²) in [7, 11) is 1.69. The van der Waals surface area contributed by atoms with Crippen molar-refractivity contribution in [2.75, 3.05) is 12.4 Å². The number of amides is 1. The zero-order valence-corrected chi connectivity index (χ0v) is 15.9. The highest BCUT2D eigenvalue weighted by molar-refractivity contribution is 5.94. The molecule has 1 aromatic heterocycles. The second-order valence-corrected chi connectivity index (χ2v) is 6.42. The SMILES string of the molecule is CN[C@@H](C)C(=O)Nc1cccn(Cc2cccc(Oc3ccccc3)c2)c1=O. The van der Waals surface area contributed by atoms with E-state index in [1.807, 2.05) is 54.6 Å². The van der Waals surface area contributed by atoms with Crippen LogP contribution in [0.2, 0.25) is 0 Å². The number of nitrogens with zero attached hydrogens (tertiary/aromatic N) is 1. The zero-order chi connectivity index (χ0) is 19.9. The first-order chi connectivity index (χ1) is 13.6. The van der Waals surface area contributed by atoms with E-state index in [-0.39, 0.29) is 23.2 Å². The van der Waals surface area contributed by atoms with Crippen molar-refractivity contribution in [3.8, 4) is 11.5 Å². The maximum atomic E-state index is 12.7. The van der Waals surface area contributed by atoms with Gasteiger partial charge in [-0.1, -0.05) is 30.3 Å². The first-order valence-corrected chi connectivity index (χ1v) is 9.06. The molecule has 6 heteroatoms. The predicted octanol–water partition coefficient (Wildman–Crippen LogP) is 3.24. The molecule has 0 aliphatic carbocycles. The number of anilines is 1. The van der Waals surface area contributed by atoms with Crippen molar-refractivity contribution in [3.63, 3.8) is 0 Å². The van der Waals surface area contributed by atoms with Gasteiger partial charge in [-0.3, -0.25) is 9.59 Å². The second kappa shape index (κ2) is 9.01. The Hall–Kier alpha value is -3.38. The number of nitrogens with one attached hydrogen (secondary N) is 2. The molecule has 0 fully saturated rings. The van der Waals surface area contributed by atoms with Crippen molar-refractivity contribution in [1.29, 1.82) is 0 Å². The Morgan fingerprint density at radius 1 is 1.04 bits per heavy atom. The fraction of sp³-hybridized carbons (Fsp3) is 0.182. The van der Waals surface area contributed by atoms with Crippen LogP contribution in [-0.2, 0) is 11.3 Å². The molecule has 0 unspecified atom stereocenters. The monoisotopic (exact) mass is 377 g/mol. The number of benzene rings is 2. The molecule has 0 aliphatic rings. The van der Waals surface area contributed by atoms with E-state index in [2.05, 4.69) is 10.6 Å². The molecule has 3 aromatic rings. The van der Waals surface area contributed by atoms with E-state index in [9.17, 15) is 9.59 Å². The first-order valence-electron chi connectivity index (χ1n) is 9.06. The molecule has 3 rings (SSSR count). The van der Waals surface area contributed by atoms with E-state index in [0.717, 1.165) is 11.3 Å². The normalized spacial score (nSPS) is 11.6.